The van der Waals surface area contributed by atoms with E-state index in [1.165, 1.54) is 6.92 Å². The number of fused-ring (bicyclic) bond motifs is 1. The fourth-order valence-corrected chi connectivity index (χ4v) is 3.22. The van der Waals surface area contributed by atoms with Crippen molar-refractivity contribution in [1.82, 2.24) is 20.3 Å². The first kappa shape index (κ1) is 17.0. The van der Waals surface area contributed by atoms with Gasteiger partial charge in [-0.1, -0.05) is 19.1 Å². The molecule has 0 spiro atoms. The molecule has 3 rings (SSSR count). The highest BCUT2D eigenvalue weighted by atomic mass is 16.2. The van der Waals surface area contributed by atoms with Crippen LogP contribution in [-0.4, -0.2) is 26.6 Å². The summed E-state index contributed by atoms with van der Waals surface area (Å²) in [5, 5.41) is 2.95. The summed E-state index contributed by atoms with van der Waals surface area (Å²) in [4.78, 5) is 35.4. The topological polar surface area (TPSA) is 90.6 Å². The minimum atomic E-state index is -0.283. The maximum Gasteiger partial charge on any atom is 0.268 e. The Labute approximate surface area is 146 Å². The van der Waals surface area contributed by atoms with E-state index in [1.54, 1.807) is 0 Å². The zero-order valence-corrected chi connectivity index (χ0v) is 14.9. The number of hydrogen-bond acceptors (Lipinski definition) is 3. The predicted molar refractivity (Wildman–Crippen MR) is 96.9 cm³/mol. The van der Waals surface area contributed by atoms with Gasteiger partial charge in [0.15, 0.2) is 5.78 Å². The third kappa shape index (κ3) is 3.07. The van der Waals surface area contributed by atoms with Crippen molar-refractivity contribution in [2.75, 3.05) is 0 Å². The molecule has 0 unspecified atom stereocenters. The molecule has 0 bridgehead atoms. The molecule has 1 amide bonds. The molecule has 3 N–H and O–H groups in total. The summed E-state index contributed by atoms with van der Waals surface area (Å²) in [5.74, 6) is 0.429. The van der Waals surface area contributed by atoms with Crippen LogP contribution >= 0.6 is 0 Å². The molecular weight excluding hydrogens is 316 g/mol. The Bertz CT molecular complexity index is 919. The summed E-state index contributed by atoms with van der Waals surface area (Å²) < 4.78 is 0. The predicted octanol–water partition coefficient (Wildman–Crippen LogP) is 3.46. The lowest BCUT2D eigenvalue weighted by Crippen LogP contribution is -2.28. The van der Waals surface area contributed by atoms with Crippen molar-refractivity contribution < 1.29 is 9.59 Å². The van der Waals surface area contributed by atoms with Crippen molar-refractivity contribution in [3.63, 3.8) is 0 Å². The van der Waals surface area contributed by atoms with Gasteiger partial charge in [0.05, 0.1) is 17.1 Å². The van der Waals surface area contributed by atoms with E-state index in [0.29, 0.717) is 23.5 Å². The van der Waals surface area contributed by atoms with Crippen molar-refractivity contribution >= 4 is 22.7 Å². The fourth-order valence-electron chi connectivity index (χ4n) is 3.22. The van der Waals surface area contributed by atoms with E-state index in [-0.39, 0.29) is 17.7 Å². The number of carbonyl (C=O) groups is 2. The van der Waals surface area contributed by atoms with Gasteiger partial charge in [0.2, 0.25) is 0 Å². The molecule has 6 heteroatoms. The number of Topliss-reactive ketones (excluding diaryl/α,β-unsaturated/α-hetero) is 1. The standard InChI is InChI=1S/C19H22N4O2/c1-5-13-16(12(4)24)10(2)20-17(13)19(25)21-11(3)18-22-14-8-6-7-9-15(14)23-18/h6-9,11,20H,5H2,1-4H3,(H,21,25)(H,22,23)/t11-/m0/s1. The second-order valence-electron chi connectivity index (χ2n) is 6.22. The number of carbonyl (C=O) groups excluding carboxylic acids is 2. The van der Waals surface area contributed by atoms with Crippen LogP contribution in [0, 0.1) is 6.92 Å². The van der Waals surface area contributed by atoms with Gasteiger partial charge in [0, 0.05) is 11.3 Å². The lowest BCUT2D eigenvalue weighted by molar-refractivity contribution is 0.0933. The number of aromatic amines is 2. The van der Waals surface area contributed by atoms with Crippen molar-refractivity contribution in [2.24, 2.45) is 0 Å². The first-order valence-corrected chi connectivity index (χ1v) is 8.40. The summed E-state index contributed by atoms with van der Waals surface area (Å²) in [6.45, 7) is 7.15. The van der Waals surface area contributed by atoms with Crippen LogP contribution in [-0.2, 0) is 6.42 Å². The molecule has 6 nitrogen and oxygen atoms in total. The molecule has 130 valence electrons. The monoisotopic (exact) mass is 338 g/mol. The summed E-state index contributed by atoms with van der Waals surface area (Å²) in [6.07, 6.45) is 0.612. The van der Waals surface area contributed by atoms with E-state index in [4.69, 9.17) is 0 Å². The molecule has 2 heterocycles. The zero-order valence-electron chi connectivity index (χ0n) is 14.9. The normalized spacial score (nSPS) is 12.3. The van der Waals surface area contributed by atoms with Crippen molar-refractivity contribution in [2.45, 2.75) is 40.2 Å². The van der Waals surface area contributed by atoms with Gasteiger partial charge in [-0.15, -0.1) is 0 Å². The van der Waals surface area contributed by atoms with E-state index in [0.717, 1.165) is 22.3 Å². The Hall–Kier alpha value is -2.89. The Balaban J connectivity index is 1.86. The summed E-state index contributed by atoms with van der Waals surface area (Å²) in [6, 6.07) is 7.45. The quantitative estimate of drug-likeness (QED) is 0.622. The van der Waals surface area contributed by atoms with Gasteiger partial charge in [-0.2, -0.15) is 0 Å². The number of nitrogens with one attached hydrogen (secondary N) is 3. The molecular formula is C19H22N4O2. The van der Waals surface area contributed by atoms with Crippen LogP contribution in [0.15, 0.2) is 24.3 Å². The molecule has 25 heavy (non-hydrogen) atoms. The SMILES string of the molecule is CCc1c(C(=O)N[C@@H](C)c2nc3ccccc3[nH]2)[nH]c(C)c1C(C)=O. The third-order valence-electron chi connectivity index (χ3n) is 4.39. The molecule has 1 aromatic carbocycles. The molecule has 1 atom stereocenters. The molecule has 0 radical (unpaired) electrons. The Morgan fingerprint density at radius 3 is 2.60 bits per heavy atom. The Kier molecular flexibility index (Phi) is 4.44. The van der Waals surface area contributed by atoms with Crippen LogP contribution in [0.1, 0.15) is 64.7 Å². The van der Waals surface area contributed by atoms with E-state index in [9.17, 15) is 9.59 Å². The molecule has 2 aromatic heterocycles. The number of imidazole rings is 1. The molecule has 0 aliphatic carbocycles. The number of amides is 1. The highest BCUT2D eigenvalue weighted by Gasteiger charge is 2.23. The first-order valence-electron chi connectivity index (χ1n) is 8.40. The molecule has 0 aliphatic rings. The average molecular weight is 338 g/mol. The van der Waals surface area contributed by atoms with Crippen LogP contribution in [0.25, 0.3) is 11.0 Å². The van der Waals surface area contributed by atoms with Crippen LogP contribution in [0.5, 0.6) is 0 Å². The van der Waals surface area contributed by atoms with Gasteiger partial charge in [0.25, 0.3) is 5.91 Å². The molecule has 3 aromatic rings. The lowest BCUT2D eigenvalue weighted by Gasteiger charge is -2.11. The zero-order chi connectivity index (χ0) is 18.1. The van der Waals surface area contributed by atoms with Gasteiger partial charge in [-0.3, -0.25) is 9.59 Å². The molecule has 0 fully saturated rings. The van der Waals surface area contributed by atoms with E-state index in [2.05, 4.69) is 20.3 Å². The van der Waals surface area contributed by atoms with Gasteiger partial charge < -0.3 is 15.3 Å². The number of nitrogens with zero attached hydrogens (tertiary/aromatic N) is 1. The van der Waals surface area contributed by atoms with Gasteiger partial charge >= 0.3 is 0 Å². The number of rotatable bonds is 5. The van der Waals surface area contributed by atoms with Gasteiger partial charge in [0.1, 0.15) is 11.5 Å². The van der Waals surface area contributed by atoms with Crippen molar-refractivity contribution in [1.29, 1.82) is 0 Å². The number of aromatic nitrogens is 3. The molecule has 0 saturated carbocycles. The van der Waals surface area contributed by atoms with Crippen LogP contribution < -0.4 is 5.32 Å². The molecule has 0 aliphatic heterocycles. The van der Waals surface area contributed by atoms with Crippen LogP contribution in [0.2, 0.25) is 0 Å². The number of ketones is 1. The second kappa shape index (κ2) is 6.55. The van der Waals surface area contributed by atoms with E-state index >= 15 is 0 Å². The second-order valence-corrected chi connectivity index (χ2v) is 6.22. The summed E-state index contributed by atoms with van der Waals surface area (Å²) >= 11 is 0. The minimum Gasteiger partial charge on any atom is -0.354 e. The summed E-state index contributed by atoms with van der Waals surface area (Å²) in [5.41, 5.74) is 4.35. The Morgan fingerprint density at radius 2 is 1.96 bits per heavy atom. The van der Waals surface area contributed by atoms with Gasteiger partial charge in [-0.25, -0.2) is 4.98 Å². The average Bonchev–Trinajstić information content (AvgIpc) is 3.15. The first-order chi connectivity index (χ1) is 11.9. The van der Waals surface area contributed by atoms with Gasteiger partial charge in [-0.05, 0) is 44.9 Å². The highest BCUT2D eigenvalue weighted by Crippen LogP contribution is 2.22. The van der Waals surface area contributed by atoms with E-state index < -0.39 is 0 Å². The molecule has 0 saturated heterocycles. The number of hydrogen-bond donors (Lipinski definition) is 3. The lowest BCUT2D eigenvalue weighted by atomic mass is 10.0. The number of H-pyrrole nitrogens is 2. The smallest absolute Gasteiger partial charge is 0.268 e. The van der Waals surface area contributed by atoms with Crippen LogP contribution in [0.4, 0.5) is 0 Å². The minimum absolute atomic E-state index is 0.0324. The Morgan fingerprint density at radius 1 is 1.24 bits per heavy atom. The number of para-hydroxylation sites is 2. The number of aryl methyl sites for hydroxylation is 1. The van der Waals surface area contributed by atoms with Crippen LogP contribution in [0.3, 0.4) is 0 Å². The highest BCUT2D eigenvalue weighted by molar-refractivity contribution is 6.02. The number of benzene rings is 1. The fraction of sp³-hybridized carbons (Fsp3) is 0.316. The third-order valence-corrected chi connectivity index (χ3v) is 4.39. The van der Waals surface area contributed by atoms with Crippen molar-refractivity contribution in [3.8, 4) is 0 Å². The van der Waals surface area contributed by atoms with Crippen molar-refractivity contribution in [3.05, 3.63) is 52.6 Å². The largest absolute Gasteiger partial charge is 0.354 e. The van der Waals surface area contributed by atoms with E-state index in [1.807, 2.05) is 45.0 Å². The maximum atomic E-state index is 12.7. The summed E-state index contributed by atoms with van der Waals surface area (Å²) in [7, 11) is 0. The maximum absolute atomic E-state index is 12.7.